The van der Waals surface area contributed by atoms with Gasteiger partial charge in [0.25, 0.3) is 0 Å². The fourth-order valence-corrected chi connectivity index (χ4v) is 8.64. The number of hydrogen-bond donors (Lipinski definition) is 2. The molecule has 5 rings (SSSR count). The van der Waals surface area contributed by atoms with Gasteiger partial charge in [0.05, 0.1) is 0 Å². The lowest BCUT2D eigenvalue weighted by Crippen LogP contribution is -2.64. The summed E-state index contributed by atoms with van der Waals surface area (Å²) in [4.78, 5) is 40.7. The average molecular weight is 494 g/mol. The summed E-state index contributed by atoms with van der Waals surface area (Å²) in [7, 11) is 1.92. The molecule has 3 saturated carbocycles. The molecule has 1 aliphatic heterocycles. The summed E-state index contributed by atoms with van der Waals surface area (Å²) in [6, 6.07) is 7.37. The molecule has 4 fully saturated rings. The van der Waals surface area contributed by atoms with Crippen molar-refractivity contribution in [2.75, 3.05) is 17.7 Å². The summed E-state index contributed by atoms with van der Waals surface area (Å²) in [5.41, 5.74) is 1.81. The molecule has 3 aliphatic carbocycles. The SMILES string of the molecule is CC(C)C(=O)Nc1ccc(NC(=O)C2C[C@@]3(C)C(CC[C@@H]4[C@H]3CC[C@]3(C)CCC[C@@H]43)N(C)C2=O)cc1. The van der Waals surface area contributed by atoms with Crippen LogP contribution in [-0.4, -0.2) is 35.7 Å². The molecule has 1 heterocycles. The molecule has 1 aromatic rings. The molecule has 3 amide bonds. The van der Waals surface area contributed by atoms with Gasteiger partial charge in [-0.05, 0) is 97.8 Å². The molecule has 6 nitrogen and oxygen atoms in total. The smallest absolute Gasteiger partial charge is 0.236 e. The number of hydrogen-bond acceptors (Lipinski definition) is 3. The average Bonchev–Trinajstić information content (AvgIpc) is 3.24. The Kier molecular flexibility index (Phi) is 6.45. The van der Waals surface area contributed by atoms with Gasteiger partial charge in [-0.15, -0.1) is 0 Å². The van der Waals surface area contributed by atoms with Gasteiger partial charge in [-0.1, -0.05) is 34.1 Å². The Hall–Kier alpha value is -2.37. The molecule has 7 atom stereocenters. The Labute approximate surface area is 216 Å². The second-order valence-corrected chi connectivity index (χ2v) is 13.0. The van der Waals surface area contributed by atoms with Crippen molar-refractivity contribution in [3.8, 4) is 0 Å². The summed E-state index contributed by atoms with van der Waals surface area (Å²) >= 11 is 0. The zero-order chi connectivity index (χ0) is 25.8. The lowest BCUT2D eigenvalue weighted by Gasteiger charge is -2.62. The molecular weight excluding hydrogens is 450 g/mol. The van der Waals surface area contributed by atoms with E-state index in [4.69, 9.17) is 0 Å². The van der Waals surface area contributed by atoms with E-state index < -0.39 is 5.92 Å². The number of benzene rings is 1. The third kappa shape index (κ3) is 4.14. The van der Waals surface area contributed by atoms with Crippen molar-refractivity contribution in [2.24, 2.45) is 40.4 Å². The Bertz CT molecular complexity index is 1040. The number of anilines is 2. The van der Waals surface area contributed by atoms with Crippen LogP contribution in [-0.2, 0) is 14.4 Å². The number of carbonyl (C=O) groups excluding carboxylic acids is 3. The van der Waals surface area contributed by atoms with Gasteiger partial charge in [0, 0.05) is 30.4 Å². The maximum absolute atomic E-state index is 13.5. The normalized spacial score (nSPS) is 37.7. The molecule has 36 heavy (non-hydrogen) atoms. The minimum absolute atomic E-state index is 0.0253. The maximum Gasteiger partial charge on any atom is 0.236 e. The van der Waals surface area contributed by atoms with Crippen LogP contribution in [0.5, 0.6) is 0 Å². The first-order valence-electron chi connectivity index (χ1n) is 14.0. The molecule has 0 aromatic heterocycles. The maximum atomic E-state index is 13.5. The second kappa shape index (κ2) is 9.18. The minimum atomic E-state index is -0.660. The van der Waals surface area contributed by atoms with Crippen LogP contribution in [0.3, 0.4) is 0 Å². The number of nitrogens with zero attached hydrogens (tertiary/aromatic N) is 1. The third-order valence-electron chi connectivity index (χ3n) is 10.6. The Morgan fingerprint density at radius 3 is 2.28 bits per heavy atom. The van der Waals surface area contributed by atoms with Crippen LogP contribution in [0.4, 0.5) is 11.4 Å². The second-order valence-electron chi connectivity index (χ2n) is 13.0. The van der Waals surface area contributed by atoms with Gasteiger partial charge in [-0.25, -0.2) is 0 Å². The van der Waals surface area contributed by atoms with Crippen molar-refractivity contribution in [1.82, 2.24) is 4.90 Å². The summed E-state index contributed by atoms with van der Waals surface area (Å²) in [6.07, 6.45) is 9.51. The van der Waals surface area contributed by atoms with Crippen LogP contribution in [0.2, 0.25) is 0 Å². The molecule has 196 valence electrons. The highest BCUT2D eigenvalue weighted by atomic mass is 16.2. The minimum Gasteiger partial charge on any atom is -0.342 e. The largest absolute Gasteiger partial charge is 0.342 e. The highest BCUT2D eigenvalue weighted by Gasteiger charge is 2.61. The molecule has 6 heteroatoms. The van der Waals surface area contributed by atoms with Crippen molar-refractivity contribution in [3.05, 3.63) is 24.3 Å². The third-order valence-corrected chi connectivity index (χ3v) is 10.6. The molecule has 2 unspecified atom stereocenters. The zero-order valence-electron chi connectivity index (χ0n) is 22.6. The summed E-state index contributed by atoms with van der Waals surface area (Å²) in [6.45, 7) is 8.59. The van der Waals surface area contributed by atoms with E-state index in [2.05, 4.69) is 24.5 Å². The lowest BCUT2D eigenvalue weighted by atomic mass is 9.47. The molecule has 0 radical (unpaired) electrons. The van der Waals surface area contributed by atoms with E-state index in [0.717, 1.165) is 18.3 Å². The van der Waals surface area contributed by atoms with Gasteiger partial charge in [0.2, 0.25) is 17.7 Å². The lowest BCUT2D eigenvalue weighted by molar-refractivity contribution is -0.168. The summed E-state index contributed by atoms with van der Waals surface area (Å²) < 4.78 is 0. The van der Waals surface area contributed by atoms with E-state index in [1.165, 1.54) is 38.5 Å². The summed E-state index contributed by atoms with van der Waals surface area (Å²) in [5.74, 6) is 1.05. The Balaban J connectivity index is 1.32. The van der Waals surface area contributed by atoms with Crippen LogP contribution in [0, 0.1) is 40.4 Å². The molecule has 2 N–H and O–H groups in total. The van der Waals surface area contributed by atoms with E-state index in [1.54, 1.807) is 24.3 Å². The van der Waals surface area contributed by atoms with Crippen molar-refractivity contribution in [2.45, 2.75) is 85.1 Å². The van der Waals surface area contributed by atoms with Crippen LogP contribution in [0.1, 0.15) is 79.1 Å². The predicted molar refractivity (Wildman–Crippen MR) is 142 cm³/mol. The van der Waals surface area contributed by atoms with E-state index in [1.807, 2.05) is 25.8 Å². The van der Waals surface area contributed by atoms with Gasteiger partial charge in [0.1, 0.15) is 5.92 Å². The van der Waals surface area contributed by atoms with Crippen molar-refractivity contribution >= 4 is 29.1 Å². The standard InChI is InChI=1S/C30H43N3O3/c1-18(2)26(34)31-19-8-10-20(11-9-19)32-27(35)22-17-30(4)24-14-16-29(3)15-6-7-23(29)21(24)12-13-25(30)33(5)28(22)36/h8-11,18,21-25H,6-7,12-17H2,1-5H3,(H,31,34)(H,32,35)/t21-,22?,23-,24+,25?,29-,30+/m0/s1. The number of nitrogens with one attached hydrogen (secondary N) is 2. The van der Waals surface area contributed by atoms with Gasteiger partial charge in [0.15, 0.2) is 0 Å². The van der Waals surface area contributed by atoms with E-state index in [-0.39, 0.29) is 35.1 Å². The van der Waals surface area contributed by atoms with Crippen molar-refractivity contribution in [1.29, 1.82) is 0 Å². The van der Waals surface area contributed by atoms with Crippen LogP contribution < -0.4 is 10.6 Å². The first kappa shape index (κ1) is 25.3. The van der Waals surface area contributed by atoms with E-state index >= 15 is 0 Å². The van der Waals surface area contributed by atoms with Gasteiger partial charge < -0.3 is 15.5 Å². The molecule has 4 aliphatic rings. The van der Waals surface area contributed by atoms with Crippen molar-refractivity contribution < 1.29 is 14.4 Å². The summed E-state index contributed by atoms with van der Waals surface area (Å²) in [5, 5.41) is 5.86. The first-order chi connectivity index (χ1) is 17.0. The van der Waals surface area contributed by atoms with Crippen LogP contribution in [0.25, 0.3) is 0 Å². The van der Waals surface area contributed by atoms with Crippen LogP contribution >= 0.6 is 0 Å². The predicted octanol–water partition coefficient (Wildman–Crippen LogP) is 5.70. The molecule has 0 bridgehead atoms. The fourth-order valence-electron chi connectivity index (χ4n) is 8.64. The molecule has 1 aromatic carbocycles. The van der Waals surface area contributed by atoms with Crippen LogP contribution in [0.15, 0.2) is 24.3 Å². The number of carbonyl (C=O) groups is 3. The zero-order valence-corrected chi connectivity index (χ0v) is 22.6. The Morgan fingerprint density at radius 2 is 1.61 bits per heavy atom. The number of rotatable bonds is 4. The number of amides is 3. The fraction of sp³-hybridized carbons (Fsp3) is 0.700. The van der Waals surface area contributed by atoms with Gasteiger partial charge >= 0.3 is 0 Å². The highest BCUT2D eigenvalue weighted by molar-refractivity contribution is 6.07. The van der Waals surface area contributed by atoms with Gasteiger partial charge in [-0.3, -0.25) is 14.4 Å². The van der Waals surface area contributed by atoms with Gasteiger partial charge in [-0.2, -0.15) is 0 Å². The highest BCUT2D eigenvalue weighted by Crippen LogP contribution is 2.65. The van der Waals surface area contributed by atoms with E-state index in [9.17, 15) is 14.4 Å². The number of piperidine rings is 1. The Morgan fingerprint density at radius 1 is 0.944 bits per heavy atom. The monoisotopic (exact) mass is 493 g/mol. The molecule has 0 spiro atoms. The number of fused-ring (bicyclic) bond motifs is 5. The number of likely N-dealkylation sites (tertiary alicyclic amines) is 1. The quantitative estimate of drug-likeness (QED) is 0.528. The van der Waals surface area contributed by atoms with E-state index in [0.29, 0.717) is 29.1 Å². The topological polar surface area (TPSA) is 78.5 Å². The molecular formula is C30H43N3O3. The first-order valence-corrected chi connectivity index (χ1v) is 14.0. The molecule has 1 saturated heterocycles. The van der Waals surface area contributed by atoms with Crippen molar-refractivity contribution in [3.63, 3.8) is 0 Å².